The van der Waals surface area contributed by atoms with Crippen LogP contribution in [-0.2, 0) is 6.54 Å². The van der Waals surface area contributed by atoms with Gasteiger partial charge in [0, 0.05) is 12.2 Å². The molecule has 1 aliphatic heterocycles. The van der Waals surface area contributed by atoms with E-state index in [0.717, 1.165) is 12.5 Å². The lowest BCUT2D eigenvalue weighted by molar-refractivity contribution is 0.476. The van der Waals surface area contributed by atoms with Crippen LogP contribution in [0.4, 0.5) is 0 Å². The number of rotatable bonds is 3. The monoisotopic (exact) mass is 191 g/mol. The molecule has 0 radical (unpaired) electrons. The van der Waals surface area contributed by atoms with Gasteiger partial charge in [-0.2, -0.15) is 5.10 Å². The Morgan fingerprint density at radius 1 is 1.43 bits per heavy atom. The summed E-state index contributed by atoms with van der Waals surface area (Å²) in [5.74, 6) is 0.834. The van der Waals surface area contributed by atoms with Crippen LogP contribution < -0.4 is 5.32 Å². The minimum Gasteiger partial charge on any atom is -0.312 e. The molecule has 1 aliphatic carbocycles. The largest absolute Gasteiger partial charge is 0.312 e. The van der Waals surface area contributed by atoms with Gasteiger partial charge in [0.05, 0.1) is 12.7 Å². The molecule has 1 aromatic rings. The SMILES string of the molecule is c1nn(CC2CCCN2)cc1C1CC1. The van der Waals surface area contributed by atoms with Crippen LogP contribution in [0.15, 0.2) is 12.4 Å². The van der Waals surface area contributed by atoms with E-state index in [-0.39, 0.29) is 0 Å². The highest BCUT2D eigenvalue weighted by atomic mass is 15.3. The van der Waals surface area contributed by atoms with Gasteiger partial charge in [-0.3, -0.25) is 4.68 Å². The van der Waals surface area contributed by atoms with Crippen LogP contribution in [0.2, 0.25) is 0 Å². The molecular weight excluding hydrogens is 174 g/mol. The van der Waals surface area contributed by atoms with Crippen molar-refractivity contribution in [3.8, 4) is 0 Å². The first-order valence-electron chi connectivity index (χ1n) is 5.67. The van der Waals surface area contributed by atoms with E-state index >= 15 is 0 Å². The van der Waals surface area contributed by atoms with Gasteiger partial charge in [-0.15, -0.1) is 0 Å². The minimum atomic E-state index is 0.655. The second-order valence-corrected chi connectivity index (χ2v) is 4.56. The number of nitrogens with zero attached hydrogens (tertiary/aromatic N) is 2. The van der Waals surface area contributed by atoms with E-state index in [1.165, 1.54) is 37.8 Å². The van der Waals surface area contributed by atoms with Crippen LogP contribution >= 0.6 is 0 Å². The minimum absolute atomic E-state index is 0.655. The summed E-state index contributed by atoms with van der Waals surface area (Å²) in [5, 5.41) is 7.92. The van der Waals surface area contributed by atoms with Crippen molar-refractivity contribution in [3.63, 3.8) is 0 Å². The van der Waals surface area contributed by atoms with Crippen LogP contribution in [0.3, 0.4) is 0 Å². The summed E-state index contributed by atoms with van der Waals surface area (Å²) in [6.07, 6.45) is 9.64. The summed E-state index contributed by atoms with van der Waals surface area (Å²) in [4.78, 5) is 0. The molecule has 76 valence electrons. The zero-order chi connectivity index (χ0) is 9.38. The predicted molar refractivity (Wildman–Crippen MR) is 55.2 cm³/mol. The lowest BCUT2D eigenvalue weighted by Crippen LogP contribution is -2.26. The maximum absolute atomic E-state index is 4.42. The van der Waals surface area contributed by atoms with Gasteiger partial charge in [-0.25, -0.2) is 0 Å². The Labute approximate surface area is 84.5 Å². The first-order chi connectivity index (χ1) is 6.92. The molecule has 3 heteroatoms. The van der Waals surface area contributed by atoms with Crippen LogP contribution in [0.5, 0.6) is 0 Å². The summed E-state index contributed by atoms with van der Waals surface area (Å²) in [7, 11) is 0. The maximum atomic E-state index is 4.42. The van der Waals surface area contributed by atoms with E-state index in [1.807, 2.05) is 6.20 Å². The first-order valence-corrected chi connectivity index (χ1v) is 5.67. The number of nitrogens with one attached hydrogen (secondary N) is 1. The van der Waals surface area contributed by atoms with E-state index in [1.54, 1.807) is 0 Å². The molecule has 0 spiro atoms. The molecule has 0 bridgehead atoms. The Morgan fingerprint density at radius 2 is 2.36 bits per heavy atom. The number of hydrogen-bond acceptors (Lipinski definition) is 2. The third-order valence-corrected chi connectivity index (χ3v) is 3.27. The zero-order valence-electron chi connectivity index (χ0n) is 8.45. The Hall–Kier alpha value is -0.830. The molecule has 1 aromatic heterocycles. The number of aromatic nitrogens is 2. The van der Waals surface area contributed by atoms with Crippen molar-refractivity contribution in [1.82, 2.24) is 15.1 Å². The molecule has 3 rings (SSSR count). The fourth-order valence-electron chi connectivity index (χ4n) is 2.25. The van der Waals surface area contributed by atoms with Gasteiger partial charge in [0.1, 0.15) is 0 Å². The molecule has 1 saturated heterocycles. The Morgan fingerprint density at radius 3 is 3.07 bits per heavy atom. The van der Waals surface area contributed by atoms with Crippen LogP contribution in [-0.4, -0.2) is 22.4 Å². The summed E-state index contributed by atoms with van der Waals surface area (Å²) in [5.41, 5.74) is 1.45. The Bertz CT molecular complexity index is 308. The highest BCUT2D eigenvalue weighted by Crippen LogP contribution is 2.39. The van der Waals surface area contributed by atoms with Crippen molar-refractivity contribution in [2.45, 2.75) is 44.2 Å². The molecule has 0 aromatic carbocycles. The second kappa shape index (κ2) is 3.39. The normalized spacial score (nSPS) is 27.0. The van der Waals surface area contributed by atoms with Gasteiger partial charge < -0.3 is 5.32 Å². The third kappa shape index (κ3) is 1.69. The van der Waals surface area contributed by atoms with Crippen molar-refractivity contribution in [2.75, 3.05) is 6.54 Å². The van der Waals surface area contributed by atoms with E-state index in [4.69, 9.17) is 0 Å². The third-order valence-electron chi connectivity index (χ3n) is 3.27. The molecule has 1 N–H and O–H groups in total. The molecule has 1 saturated carbocycles. The summed E-state index contributed by atoms with van der Waals surface area (Å²) in [6.45, 7) is 2.23. The summed E-state index contributed by atoms with van der Waals surface area (Å²) < 4.78 is 2.11. The molecule has 14 heavy (non-hydrogen) atoms. The van der Waals surface area contributed by atoms with Crippen molar-refractivity contribution in [1.29, 1.82) is 0 Å². The lowest BCUT2D eigenvalue weighted by atomic mass is 10.2. The highest BCUT2D eigenvalue weighted by molar-refractivity contribution is 5.16. The van der Waals surface area contributed by atoms with E-state index in [2.05, 4.69) is 21.3 Å². The topological polar surface area (TPSA) is 29.9 Å². The summed E-state index contributed by atoms with van der Waals surface area (Å²) >= 11 is 0. The quantitative estimate of drug-likeness (QED) is 0.785. The fourth-order valence-corrected chi connectivity index (χ4v) is 2.25. The van der Waals surface area contributed by atoms with E-state index in [9.17, 15) is 0 Å². The van der Waals surface area contributed by atoms with Crippen LogP contribution in [0.25, 0.3) is 0 Å². The lowest BCUT2D eigenvalue weighted by Gasteiger charge is -2.09. The molecule has 2 fully saturated rings. The zero-order valence-corrected chi connectivity index (χ0v) is 8.45. The Balaban J connectivity index is 1.64. The van der Waals surface area contributed by atoms with Gasteiger partial charge in [0.2, 0.25) is 0 Å². The van der Waals surface area contributed by atoms with Gasteiger partial charge in [0.25, 0.3) is 0 Å². The summed E-state index contributed by atoms with van der Waals surface area (Å²) in [6, 6.07) is 0.655. The average molecular weight is 191 g/mol. The molecule has 1 atom stereocenters. The van der Waals surface area contributed by atoms with Crippen LogP contribution in [0, 0.1) is 0 Å². The predicted octanol–water partition coefficient (Wildman–Crippen LogP) is 1.51. The molecule has 3 nitrogen and oxygen atoms in total. The van der Waals surface area contributed by atoms with Gasteiger partial charge in [-0.05, 0) is 43.7 Å². The smallest absolute Gasteiger partial charge is 0.0562 e. The molecule has 2 aliphatic rings. The van der Waals surface area contributed by atoms with Gasteiger partial charge in [0.15, 0.2) is 0 Å². The van der Waals surface area contributed by atoms with Crippen molar-refractivity contribution in [3.05, 3.63) is 18.0 Å². The molecule has 2 heterocycles. The number of hydrogen-bond donors (Lipinski definition) is 1. The van der Waals surface area contributed by atoms with Gasteiger partial charge >= 0.3 is 0 Å². The first kappa shape index (κ1) is 8.48. The van der Waals surface area contributed by atoms with Crippen molar-refractivity contribution < 1.29 is 0 Å². The fraction of sp³-hybridized carbons (Fsp3) is 0.727. The van der Waals surface area contributed by atoms with E-state index < -0.39 is 0 Å². The highest BCUT2D eigenvalue weighted by Gasteiger charge is 2.25. The molecule has 1 unspecified atom stereocenters. The molecular formula is C11H17N3. The van der Waals surface area contributed by atoms with Crippen LogP contribution in [0.1, 0.15) is 37.2 Å². The van der Waals surface area contributed by atoms with Crippen molar-refractivity contribution >= 4 is 0 Å². The second-order valence-electron chi connectivity index (χ2n) is 4.56. The maximum Gasteiger partial charge on any atom is 0.0562 e. The van der Waals surface area contributed by atoms with E-state index in [0.29, 0.717) is 6.04 Å². The average Bonchev–Trinajstić information content (AvgIpc) is 2.75. The van der Waals surface area contributed by atoms with Crippen molar-refractivity contribution in [2.24, 2.45) is 0 Å². The standard InChI is InChI=1S/C11H17N3/c1-2-11(12-5-1)8-14-7-10(6-13-14)9-3-4-9/h6-7,9,11-12H,1-5,8H2. The van der Waals surface area contributed by atoms with Gasteiger partial charge in [-0.1, -0.05) is 0 Å². The Kier molecular flexibility index (Phi) is 2.05. The molecule has 0 amide bonds.